The average molecular weight is 300 g/mol. The monoisotopic (exact) mass is 300 g/mol. The third kappa shape index (κ3) is 4.42. The molecule has 2 heterocycles. The number of nitrogens with one attached hydrogen (secondary N) is 1. The number of amides is 1. The predicted molar refractivity (Wildman–Crippen MR) is 83.3 cm³/mol. The van der Waals surface area contributed by atoms with Gasteiger partial charge in [0.1, 0.15) is 6.61 Å². The average Bonchev–Trinajstić information content (AvgIpc) is 2.87. The lowest BCUT2D eigenvalue weighted by atomic mass is 10.2. The number of thiophene rings is 1. The maximum Gasteiger partial charge on any atom is 0.261 e. The maximum absolute atomic E-state index is 12.1. The molecule has 0 bridgehead atoms. The summed E-state index contributed by atoms with van der Waals surface area (Å²) >= 11 is 1.34. The van der Waals surface area contributed by atoms with E-state index in [1.807, 2.05) is 31.2 Å². The lowest BCUT2D eigenvalue weighted by Crippen LogP contribution is -2.25. The lowest BCUT2D eigenvalue weighted by Gasteiger charge is -2.02. The van der Waals surface area contributed by atoms with Gasteiger partial charge in [-0.05, 0) is 30.7 Å². The Morgan fingerprint density at radius 3 is 3.05 bits per heavy atom. The molecule has 0 saturated heterocycles. The molecule has 108 valence electrons. The number of aliphatic hydroxyl groups excluding tert-OH is 1. The summed E-state index contributed by atoms with van der Waals surface area (Å²) < 4.78 is 0. The minimum absolute atomic E-state index is 0.101. The van der Waals surface area contributed by atoms with Crippen LogP contribution in [0.1, 0.15) is 25.8 Å². The molecule has 0 aliphatic rings. The third-order valence-electron chi connectivity index (χ3n) is 2.82. The van der Waals surface area contributed by atoms with E-state index in [9.17, 15) is 4.79 Å². The van der Waals surface area contributed by atoms with Gasteiger partial charge in [-0.2, -0.15) is 0 Å². The van der Waals surface area contributed by atoms with Crippen LogP contribution in [0.4, 0.5) is 0 Å². The van der Waals surface area contributed by atoms with Crippen LogP contribution < -0.4 is 5.32 Å². The van der Waals surface area contributed by atoms with E-state index in [4.69, 9.17) is 5.11 Å². The van der Waals surface area contributed by atoms with Crippen LogP contribution in [-0.4, -0.2) is 29.1 Å². The van der Waals surface area contributed by atoms with Crippen LogP contribution in [0.2, 0.25) is 0 Å². The van der Waals surface area contributed by atoms with Gasteiger partial charge in [-0.3, -0.25) is 9.78 Å². The number of carbonyl (C=O) groups excluding carboxylic acids is 1. The van der Waals surface area contributed by atoms with Gasteiger partial charge in [0.05, 0.1) is 9.75 Å². The normalized spacial score (nSPS) is 9.81. The van der Waals surface area contributed by atoms with Crippen LogP contribution in [0.25, 0.3) is 0 Å². The molecule has 1 amide bonds. The van der Waals surface area contributed by atoms with E-state index in [0.717, 1.165) is 16.1 Å². The molecular weight excluding hydrogens is 284 g/mol. The summed E-state index contributed by atoms with van der Waals surface area (Å²) in [5.74, 6) is 5.35. The SMILES string of the molecule is Cc1cc(C(=O)NCCc2ccccn2)sc1C#CCO. The van der Waals surface area contributed by atoms with Gasteiger partial charge >= 0.3 is 0 Å². The van der Waals surface area contributed by atoms with E-state index >= 15 is 0 Å². The van der Waals surface area contributed by atoms with Crippen molar-refractivity contribution in [2.24, 2.45) is 0 Å². The van der Waals surface area contributed by atoms with E-state index < -0.39 is 0 Å². The molecule has 0 spiro atoms. The van der Waals surface area contributed by atoms with Crippen LogP contribution >= 0.6 is 11.3 Å². The fourth-order valence-electron chi connectivity index (χ4n) is 1.78. The Bertz CT molecular complexity index is 669. The van der Waals surface area contributed by atoms with E-state index in [2.05, 4.69) is 22.1 Å². The quantitative estimate of drug-likeness (QED) is 0.846. The van der Waals surface area contributed by atoms with Crippen LogP contribution in [0.3, 0.4) is 0 Å². The standard InChI is InChI=1S/C16H16N2O2S/c1-12-11-15(21-14(12)6-4-10-19)16(20)18-9-7-13-5-2-3-8-17-13/h2-3,5,8,11,19H,7,9-10H2,1H3,(H,18,20). The number of hydrogen-bond donors (Lipinski definition) is 2. The van der Waals surface area contributed by atoms with Gasteiger partial charge in [-0.15, -0.1) is 11.3 Å². The Kier molecular flexibility index (Phi) is 5.50. The van der Waals surface area contributed by atoms with Gasteiger partial charge in [0.25, 0.3) is 5.91 Å². The molecule has 0 unspecified atom stereocenters. The molecule has 0 aliphatic carbocycles. The molecule has 21 heavy (non-hydrogen) atoms. The molecule has 5 heteroatoms. The summed E-state index contributed by atoms with van der Waals surface area (Å²) in [6.07, 6.45) is 2.44. The second-order valence-corrected chi connectivity index (χ2v) is 5.46. The molecule has 2 aromatic rings. The van der Waals surface area contributed by atoms with E-state index in [1.165, 1.54) is 11.3 Å². The molecule has 4 nitrogen and oxygen atoms in total. The number of aliphatic hydroxyl groups is 1. The molecule has 0 aliphatic heterocycles. The molecule has 2 rings (SSSR count). The summed E-state index contributed by atoms with van der Waals surface area (Å²) in [4.78, 5) is 17.7. The minimum Gasteiger partial charge on any atom is -0.384 e. The van der Waals surface area contributed by atoms with Crippen molar-refractivity contribution < 1.29 is 9.90 Å². The Morgan fingerprint density at radius 2 is 2.33 bits per heavy atom. The van der Waals surface area contributed by atoms with Crippen molar-refractivity contribution in [3.63, 3.8) is 0 Å². The van der Waals surface area contributed by atoms with Crippen molar-refractivity contribution in [1.82, 2.24) is 10.3 Å². The highest BCUT2D eigenvalue weighted by Crippen LogP contribution is 2.20. The number of aromatic nitrogens is 1. The van der Waals surface area contributed by atoms with Gasteiger partial charge in [0.15, 0.2) is 0 Å². The van der Waals surface area contributed by atoms with Crippen LogP contribution in [-0.2, 0) is 6.42 Å². The first-order chi connectivity index (χ1) is 10.2. The highest BCUT2D eigenvalue weighted by atomic mass is 32.1. The Hall–Kier alpha value is -2.16. The molecule has 2 N–H and O–H groups in total. The zero-order valence-electron chi connectivity index (χ0n) is 11.7. The molecule has 0 atom stereocenters. The van der Waals surface area contributed by atoms with Crippen LogP contribution in [0.5, 0.6) is 0 Å². The zero-order valence-corrected chi connectivity index (χ0v) is 12.5. The van der Waals surface area contributed by atoms with E-state index in [-0.39, 0.29) is 12.5 Å². The van der Waals surface area contributed by atoms with Gasteiger partial charge in [0, 0.05) is 24.9 Å². The van der Waals surface area contributed by atoms with E-state index in [0.29, 0.717) is 17.8 Å². The van der Waals surface area contributed by atoms with Crippen molar-refractivity contribution in [3.05, 3.63) is 51.5 Å². The Morgan fingerprint density at radius 1 is 1.48 bits per heavy atom. The number of nitrogens with zero attached hydrogens (tertiary/aromatic N) is 1. The first kappa shape index (κ1) is 15.2. The fraction of sp³-hybridized carbons (Fsp3) is 0.250. The third-order valence-corrected chi connectivity index (χ3v) is 3.97. The van der Waals surface area contributed by atoms with Crippen molar-refractivity contribution in [1.29, 1.82) is 0 Å². The summed E-state index contributed by atoms with van der Waals surface area (Å²) in [6.45, 7) is 2.27. The van der Waals surface area contributed by atoms with Crippen molar-refractivity contribution in [3.8, 4) is 11.8 Å². The number of pyridine rings is 1. The Labute approximate surface area is 127 Å². The second-order valence-electron chi connectivity index (χ2n) is 4.41. The fourth-order valence-corrected chi connectivity index (χ4v) is 2.74. The topological polar surface area (TPSA) is 62.2 Å². The summed E-state index contributed by atoms with van der Waals surface area (Å²) in [7, 11) is 0. The molecule has 0 radical (unpaired) electrons. The minimum atomic E-state index is -0.178. The highest BCUT2D eigenvalue weighted by molar-refractivity contribution is 7.14. The number of hydrogen-bond acceptors (Lipinski definition) is 4. The molecule has 2 aromatic heterocycles. The van der Waals surface area contributed by atoms with Gasteiger partial charge < -0.3 is 10.4 Å². The first-order valence-corrected chi connectivity index (χ1v) is 7.40. The van der Waals surface area contributed by atoms with Crippen molar-refractivity contribution in [2.45, 2.75) is 13.3 Å². The summed E-state index contributed by atoms with van der Waals surface area (Å²) in [6, 6.07) is 7.55. The van der Waals surface area contributed by atoms with Gasteiger partial charge in [0.2, 0.25) is 0 Å². The second kappa shape index (κ2) is 7.58. The van der Waals surface area contributed by atoms with Crippen molar-refractivity contribution in [2.75, 3.05) is 13.2 Å². The number of carbonyl (C=O) groups is 1. The lowest BCUT2D eigenvalue weighted by molar-refractivity contribution is 0.0958. The summed E-state index contributed by atoms with van der Waals surface area (Å²) in [5, 5.41) is 11.6. The smallest absolute Gasteiger partial charge is 0.261 e. The van der Waals surface area contributed by atoms with E-state index in [1.54, 1.807) is 6.20 Å². The summed E-state index contributed by atoms with van der Waals surface area (Å²) in [5.41, 5.74) is 1.91. The Balaban J connectivity index is 1.91. The molecule has 0 fully saturated rings. The number of aryl methyl sites for hydroxylation is 1. The van der Waals surface area contributed by atoms with Crippen molar-refractivity contribution >= 4 is 17.2 Å². The van der Waals surface area contributed by atoms with Gasteiger partial charge in [-0.1, -0.05) is 17.9 Å². The highest BCUT2D eigenvalue weighted by Gasteiger charge is 2.11. The maximum atomic E-state index is 12.1. The first-order valence-electron chi connectivity index (χ1n) is 6.59. The molecule has 0 saturated carbocycles. The zero-order chi connectivity index (χ0) is 15.1. The molecule has 0 aromatic carbocycles. The van der Waals surface area contributed by atoms with Crippen LogP contribution in [0, 0.1) is 18.8 Å². The predicted octanol–water partition coefficient (Wildman–Crippen LogP) is 1.77. The largest absolute Gasteiger partial charge is 0.384 e. The number of rotatable bonds is 4. The van der Waals surface area contributed by atoms with Gasteiger partial charge in [-0.25, -0.2) is 0 Å². The molecular formula is C16H16N2O2S. The van der Waals surface area contributed by atoms with Crippen LogP contribution in [0.15, 0.2) is 30.5 Å².